The third-order valence-corrected chi connectivity index (χ3v) is 5.48. The van der Waals surface area contributed by atoms with Crippen LogP contribution in [0.3, 0.4) is 0 Å². The van der Waals surface area contributed by atoms with Crippen LogP contribution in [0.25, 0.3) is 11.4 Å². The van der Waals surface area contributed by atoms with Crippen molar-refractivity contribution in [2.75, 3.05) is 6.54 Å². The zero-order valence-electron chi connectivity index (χ0n) is 16.3. The van der Waals surface area contributed by atoms with Crippen LogP contribution in [-0.4, -0.2) is 38.5 Å². The van der Waals surface area contributed by atoms with Crippen LogP contribution in [0.2, 0.25) is 0 Å². The Kier molecular flexibility index (Phi) is 6.38. The molecule has 1 unspecified atom stereocenters. The van der Waals surface area contributed by atoms with Gasteiger partial charge in [0.1, 0.15) is 0 Å². The van der Waals surface area contributed by atoms with E-state index in [1.807, 2.05) is 4.90 Å². The van der Waals surface area contributed by atoms with E-state index in [4.69, 9.17) is 4.52 Å². The number of aromatic nitrogens is 2. The third-order valence-electron chi connectivity index (χ3n) is 5.48. The maximum absolute atomic E-state index is 12.9. The lowest BCUT2D eigenvalue weighted by Gasteiger charge is -2.30. The maximum Gasteiger partial charge on any atom is 0.269 e. The highest BCUT2D eigenvalue weighted by molar-refractivity contribution is 5.79. The first-order valence-electron chi connectivity index (χ1n) is 9.87. The van der Waals surface area contributed by atoms with Gasteiger partial charge in [0.25, 0.3) is 5.69 Å². The van der Waals surface area contributed by atoms with Gasteiger partial charge in [-0.05, 0) is 38.3 Å². The van der Waals surface area contributed by atoms with E-state index in [1.165, 1.54) is 12.1 Å². The molecule has 3 rings (SSSR count). The molecule has 2 aromatic rings. The molecule has 1 aromatic heterocycles. The second kappa shape index (κ2) is 8.95. The standard InChI is InChI=1S/C20H26N4O4/c1-3-14(2)23(20(25)16-6-4-5-7-16)13-12-18-21-19(22-28-18)15-8-10-17(11-9-15)24(26)27/h8-11,14,16H,3-7,12-13H2,1-2H3. The number of nitro benzene ring substituents is 1. The van der Waals surface area contributed by atoms with Gasteiger partial charge in [-0.3, -0.25) is 14.9 Å². The first-order valence-corrected chi connectivity index (χ1v) is 9.87. The highest BCUT2D eigenvalue weighted by atomic mass is 16.6. The fourth-order valence-electron chi connectivity index (χ4n) is 3.60. The summed E-state index contributed by atoms with van der Waals surface area (Å²) in [5.74, 6) is 1.23. The Balaban J connectivity index is 1.65. The summed E-state index contributed by atoms with van der Waals surface area (Å²) in [6, 6.07) is 6.20. The molecule has 1 amide bonds. The number of rotatable bonds is 8. The Hall–Kier alpha value is -2.77. The van der Waals surface area contributed by atoms with E-state index in [0.29, 0.717) is 30.2 Å². The SMILES string of the molecule is CCC(C)N(CCc1nc(-c2ccc([N+](=O)[O-])cc2)no1)C(=O)C1CCCC1. The topological polar surface area (TPSA) is 102 Å². The monoisotopic (exact) mass is 386 g/mol. The second-order valence-electron chi connectivity index (χ2n) is 7.34. The summed E-state index contributed by atoms with van der Waals surface area (Å²) in [6.07, 6.45) is 5.62. The predicted molar refractivity (Wildman–Crippen MR) is 104 cm³/mol. The summed E-state index contributed by atoms with van der Waals surface area (Å²) in [7, 11) is 0. The lowest BCUT2D eigenvalue weighted by Crippen LogP contribution is -2.42. The van der Waals surface area contributed by atoms with Crippen LogP contribution in [0, 0.1) is 16.0 Å². The molecule has 0 spiro atoms. The fraction of sp³-hybridized carbons (Fsp3) is 0.550. The molecule has 0 N–H and O–H groups in total. The molecule has 1 heterocycles. The van der Waals surface area contributed by atoms with Gasteiger partial charge >= 0.3 is 0 Å². The lowest BCUT2D eigenvalue weighted by molar-refractivity contribution is -0.384. The van der Waals surface area contributed by atoms with Crippen molar-refractivity contribution in [1.29, 1.82) is 0 Å². The van der Waals surface area contributed by atoms with Crippen LogP contribution in [0.15, 0.2) is 28.8 Å². The van der Waals surface area contributed by atoms with Gasteiger partial charge in [-0.25, -0.2) is 0 Å². The molecule has 1 aromatic carbocycles. The van der Waals surface area contributed by atoms with Gasteiger partial charge in [0, 0.05) is 42.6 Å². The number of amides is 1. The van der Waals surface area contributed by atoms with E-state index in [1.54, 1.807) is 12.1 Å². The molecule has 1 aliphatic carbocycles. The van der Waals surface area contributed by atoms with E-state index in [-0.39, 0.29) is 23.6 Å². The van der Waals surface area contributed by atoms with E-state index < -0.39 is 4.92 Å². The number of hydrogen-bond acceptors (Lipinski definition) is 6. The number of hydrogen-bond donors (Lipinski definition) is 0. The molecule has 1 saturated carbocycles. The summed E-state index contributed by atoms with van der Waals surface area (Å²) in [4.78, 5) is 29.5. The largest absolute Gasteiger partial charge is 0.339 e. The van der Waals surface area contributed by atoms with Crippen molar-refractivity contribution in [2.24, 2.45) is 5.92 Å². The predicted octanol–water partition coefficient (Wildman–Crippen LogP) is 4.00. The van der Waals surface area contributed by atoms with E-state index >= 15 is 0 Å². The van der Waals surface area contributed by atoms with Gasteiger partial charge in [0.05, 0.1) is 4.92 Å². The summed E-state index contributed by atoms with van der Waals surface area (Å²) in [5.41, 5.74) is 0.670. The minimum Gasteiger partial charge on any atom is -0.339 e. The number of nitrogens with zero attached hydrogens (tertiary/aromatic N) is 4. The van der Waals surface area contributed by atoms with Gasteiger partial charge in [-0.15, -0.1) is 0 Å². The van der Waals surface area contributed by atoms with Gasteiger partial charge < -0.3 is 9.42 Å². The summed E-state index contributed by atoms with van der Waals surface area (Å²) in [5, 5.41) is 14.7. The van der Waals surface area contributed by atoms with Crippen LogP contribution >= 0.6 is 0 Å². The molecule has 1 atom stereocenters. The molecule has 150 valence electrons. The first kappa shape index (κ1) is 20.0. The quantitative estimate of drug-likeness (QED) is 0.502. The van der Waals surface area contributed by atoms with Crippen LogP contribution < -0.4 is 0 Å². The van der Waals surface area contributed by atoms with Crippen LogP contribution in [0.1, 0.15) is 51.8 Å². The average molecular weight is 386 g/mol. The molecular weight excluding hydrogens is 360 g/mol. The lowest BCUT2D eigenvalue weighted by atomic mass is 10.0. The minimum absolute atomic E-state index is 0.0158. The van der Waals surface area contributed by atoms with Crippen molar-refractivity contribution >= 4 is 11.6 Å². The Morgan fingerprint density at radius 2 is 2.00 bits per heavy atom. The van der Waals surface area contributed by atoms with Crippen molar-refractivity contribution in [2.45, 2.75) is 58.4 Å². The molecule has 0 radical (unpaired) electrons. The smallest absolute Gasteiger partial charge is 0.269 e. The average Bonchev–Trinajstić information content (AvgIpc) is 3.40. The normalized spacial score (nSPS) is 15.5. The van der Waals surface area contributed by atoms with Gasteiger partial charge in [-0.2, -0.15) is 4.98 Å². The molecule has 8 nitrogen and oxygen atoms in total. The molecular formula is C20H26N4O4. The van der Waals surface area contributed by atoms with Crippen LogP contribution in [0.4, 0.5) is 5.69 Å². The minimum atomic E-state index is -0.448. The van der Waals surface area contributed by atoms with Crippen LogP contribution in [0.5, 0.6) is 0 Å². The number of carbonyl (C=O) groups is 1. The van der Waals surface area contributed by atoms with E-state index in [0.717, 1.165) is 32.1 Å². The van der Waals surface area contributed by atoms with Crippen LogP contribution in [-0.2, 0) is 11.2 Å². The van der Waals surface area contributed by atoms with Crippen molar-refractivity contribution < 1.29 is 14.2 Å². The molecule has 1 fully saturated rings. The Morgan fingerprint density at radius 1 is 1.32 bits per heavy atom. The number of benzene rings is 1. The Morgan fingerprint density at radius 3 is 2.61 bits per heavy atom. The van der Waals surface area contributed by atoms with Crippen molar-refractivity contribution in [3.63, 3.8) is 0 Å². The maximum atomic E-state index is 12.9. The molecule has 1 aliphatic rings. The molecule has 28 heavy (non-hydrogen) atoms. The van der Waals surface area contributed by atoms with Gasteiger partial charge in [-0.1, -0.05) is 24.9 Å². The zero-order valence-corrected chi connectivity index (χ0v) is 16.3. The highest BCUT2D eigenvalue weighted by Gasteiger charge is 2.29. The van der Waals surface area contributed by atoms with Gasteiger partial charge in [0.2, 0.25) is 17.6 Å². The molecule has 0 bridgehead atoms. The highest BCUT2D eigenvalue weighted by Crippen LogP contribution is 2.28. The molecule has 8 heteroatoms. The summed E-state index contributed by atoms with van der Waals surface area (Å²) < 4.78 is 5.33. The van der Waals surface area contributed by atoms with Crippen molar-refractivity contribution in [1.82, 2.24) is 15.0 Å². The fourth-order valence-corrected chi connectivity index (χ4v) is 3.60. The van der Waals surface area contributed by atoms with Crippen molar-refractivity contribution in [3.8, 4) is 11.4 Å². The van der Waals surface area contributed by atoms with Crippen molar-refractivity contribution in [3.05, 3.63) is 40.3 Å². The van der Waals surface area contributed by atoms with Gasteiger partial charge in [0.15, 0.2) is 0 Å². The van der Waals surface area contributed by atoms with E-state index in [2.05, 4.69) is 24.0 Å². The summed E-state index contributed by atoms with van der Waals surface area (Å²) in [6.45, 7) is 4.70. The zero-order chi connectivity index (χ0) is 20.1. The first-order chi connectivity index (χ1) is 13.5. The second-order valence-corrected chi connectivity index (χ2v) is 7.34. The number of carbonyl (C=O) groups excluding carboxylic acids is 1. The molecule has 0 saturated heterocycles. The molecule has 0 aliphatic heterocycles. The number of non-ortho nitro benzene ring substituents is 1. The summed E-state index contributed by atoms with van der Waals surface area (Å²) >= 11 is 0. The Bertz CT molecular complexity index is 812. The Labute approximate surface area is 164 Å². The van der Waals surface area contributed by atoms with E-state index in [9.17, 15) is 14.9 Å². The third kappa shape index (κ3) is 4.55. The number of nitro groups is 1.